The maximum atomic E-state index is 12.9. The summed E-state index contributed by atoms with van der Waals surface area (Å²) in [5.41, 5.74) is -0.236. The number of sulfone groups is 1. The number of nitrogens with one attached hydrogen (secondary N) is 2. The van der Waals surface area contributed by atoms with Gasteiger partial charge in [-0.05, 0) is 18.2 Å². The minimum absolute atomic E-state index is 0.214. The minimum Gasteiger partial charge on any atom is -0.320 e. The molecule has 0 saturated heterocycles. The number of nitro benzene ring substituents is 1. The number of carbonyl (C=O) groups is 1. The molecule has 0 unspecified atom stereocenters. The highest BCUT2D eigenvalue weighted by molar-refractivity contribution is 7.90. The van der Waals surface area contributed by atoms with Crippen molar-refractivity contribution in [3.8, 4) is 5.69 Å². The smallest absolute Gasteiger partial charge is 0.271 e. The average Bonchev–Trinajstić information content (AvgIpc) is 3.18. The van der Waals surface area contributed by atoms with E-state index in [-0.39, 0.29) is 32.7 Å². The van der Waals surface area contributed by atoms with Crippen molar-refractivity contribution in [2.45, 2.75) is 4.90 Å². The second-order valence-corrected chi connectivity index (χ2v) is 8.76. The van der Waals surface area contributed by atoms with Gasteiger partial charge in [0.05, 0.1) is 33.7 Å². The zero-order valence-electron chi connectivity index (χ0n) is 16.3. The molecular formula is C19H14N6O6S. The number of hydrogen-bond donors (Lipinski definition) is 2. The number of aromatic amines is 1. The van der Waals surface area contributed by atoms with Crippen molar-refractivity contribution in [1.82, 2.24) is 19.7 Å². The number of nitro groups is 1. The van der Waals surface area contributed by atoms with E-state index in [1.54, 1.807) is 24.3 Å². The number of benzene rings is 2. The number of non-ortho nitro benzene ring substituents is 1. The van der Waals surface area contributed by atoms with E-state index in [0.717, 1.165) is 24.5 Å². The van der Waals surface area contributed by atoms with Crippen molar-refractivity contribution < 1.29 is 18.1 Å². The summed E-state index contributed by atoms with van der Waals surface area (Å²) in [5, 5.41) is 18.2. The van der Waals surface area contributed by atoms with Crippen LogP contribution in [0.1, 0.15) is 10.4 Å². The zero-order valence-corrected chi connectivity index (χ0v) is 17.2. The Hall–Kier alpha value is -4.39. The lowest BCUT2D eigenvalue weighted by atomic mass is 10.1. The number of hydrogen-bond acceptors (Lipinski definition) is 8. The van der Waals surface area contributed by atoms with E-state index < -0.39 is 26.4 Å². The van der Waals surface area contributed by atoms with Crippen LogP contribution >= 0.6 is 0 Å². The summed E-state index contributed by atoms with van der Waals surface area (Å²) in [7, 11) is -3.80. The van der Waals surface area contributed by atoms with Crippen LogP contribution in [-0.2, 0) is 9.84 Å². The highest BCUT2D eigenvalue weighted by Gasteiger charge is 2.20. The van der Waals surface area contributed by atoms with Crippen LogP contribution in [-0.4, -0.2) is 45.3 Å². The number of para-hydroxylation sites is 2. The number of fused-ring (bicyclic) bond motifs is 1. The monoisotopic (exact) mass is 454 g/mol. The number of carbonyl (C=O) groups excluding carboxylic acids is 1. The number of amides is 1. The van der Waals surface area contributed by atoms with Crippen molar-refractivity contribution in [2.75, 3.05) is 11.6 Å². The van der Waals surface area contributed by atoms with Crippen LogP contribution in [0.2, 0.25) is 0 Å². The van der Waals surface area contributed by atoms with Gasteiger partial charge in [-0.25, -0.2) is 18.1 Å². The first kappa shape index (κ1) is 20.9. The van der Waals surface area contributed by atoms with E-state index in [0.29, 0.717) is 5.69 Å². The van der Waals surface area contributed by atoms with Gasteiger partial charge in [-0.2, -0.15) is 5.10 Å². The third-order valence-corrected chi connectivity index (χ3v) is 5.64. The molecule has 0 bridgehead atoms. The fourth-order valence-corrected chi connectivity index (χ4v) is 3.70. The largest absolute Gasteiger partial charge is 0.320 e. The number of anilines is 1. The second kappa shape index (κ2) is 7.70. The summed E-state index contributed by atoms with van der Waals surface area (Å²) in [6.45, 7) is 0. The Labute approximate surface area is 179 Å². The molecule has 1 amide bonds. The SMILES string of the molecule is CS(=O)(=O)c1cc(C(=O)Nc2ccccc2-n2ncc3c(=O)[nH]cnc32)cc([N+](=O)[O-])c1. The van der Waals surface area contributed by atoms with E-state index in [9.17, 15) is 28.1 Å². The van der Waals surface area contributed by atoms with Crippen molar-refractivity contribution in [1.29, 1.82) is 0 Å². The van der Waals surface area contributed by atoms with Crippen LogP contribution < -0.4 is 10.9 Å². The molecule has 2 heterocycles. The quantitative estimate of drug-likeness (QED) is 0.339. The zero-order chi connectivity index (χ0) is 23.0. The van der Waals surface area contributed by atoms with E-state index >= 15 is 0 Å². The van der Waals surface area contributed by atoms with Crippen LogP contribution in [0.4, 0.5) is 11.4 Å². The van der Waals surface area contributed by atoms with Gasteiger partial charge in [-0.1, -0.05) is 12.1 Å². The summed E-state index contributed by atoms with van der Waals surface area (Å²) in [4.78, 5) is 41.5. The molecule has 32 heavy (non-hydrogen) atoms. The second-order valence-electron chi connectivity index (χ2n) is 6.74. The Morgan fingerprint density at radius 3 is 2.69 bits per heavy atom. The van der Waals surface area contributed by atoms with Gasteiger partial charge < -0.3 is 10.3 Å². The number of rotatable bonds is 5. The molecule has 0 spiro atoms. The van der Waals surface area contributed by atoms with Crippen LogP contribution in [0.15, 0.2) is 64.7 Å². The van der Waals surface area contributed by atoms with Gasteiger partial charge in [0.15, 0.2) is 15.5 Å². The van der Waals surface area contributed by atoms with Gasteiger partial charge in [0, 0.05) is 24.0 Å². The van der Waals surface area contributed by atoms with Crippen LogP contribution in [0.25, 0.3) is 16.7 Å². The lowest BCUT2D eigenvalue weighted by molar-refractivity contribution is -0.385. The Balaban J connectivity index is 1.78. The normalized spacial score (nSPS) is 11.4. The summed E-state index contributed by atoms with van der Waals surface area (Å²) < 4.78 is 25.2. The van der Waals surface area contributed by atoms with Crippen molar-refractivity contribution in [3.05, 3.63) is 81.0 Å². The molecular weight excluding hydrogens is 440 g/mol. The van der Waals surface area contributed by atoms with E-state index in [2.05, 4.69) is 20.4 Å². The summed E-state index contributed by atoms with van der Waals surface area (Å²) in [6, 6.07) is 9.44. The molecule has 0 radical (unpaired) electrons. The molecule has 12 nitrogen and oxygen atoms in total. The molecule has 0 aliphatic rings. The average molecular weight is 454 g/mol. The molecule has 2 aromatic heterocycles. The summed E-state index contributed by atoms with van der Waals surface area (Å²) in [5.74, 6) is -0.770. The highest BCUT2D eigenvalue weighted by atomic mass is 32.2. The predicted molar refractivity (Wildman–Crippen MR) is 114 cm³/mol. The fourth-order valence-electron chi connectivity index (χ4n) is 3.02. The van der Waals surface area contributed by atoms with Gasteiger partial charge >= 0.3 is 0 Å². The maximum Gasteiger partial charge on any atom is 0.271 e. The maximum absolute atomic E-state index is 12.9. The van der Waals surface area contributed by atoms with Crippen molar-refractivity contribution >= 4 is 38.2 Å². The first-order valence-corrected chi connectivity index (χ1v) is 10.9. The van der Waals surface area contributed by atoms with Gasteiger partial charge in [0.2, 0.25) is 0 Å². The van der Waals surface area contributed by atoms with Gasteiger partial charge in [-0.3, -0.25) is 19.7 Å². The first-order valence-electron chi connectivity index (χ1n) is 8.97. The molecule has 2 N–H and O–H groups in total. The molecule has 0 aliphatic carbocycles. The Morgan fingerprint density at radius 1 is 1.22 bits per heavy atom. The van der Waals surface area contributed by atoms with Gasteiger partial charge in [-0.15, -0.1) is 0 Å². The van der Waals surface area contributed by atoms with E-state index in [1.165, 1.54) is 17.2 Å². The van der Waals surface area contributed by atoms with Crippen LogP contribution in [0.5, 0.6) is 0 Å². The lowest BCUT2D eigenvalue weighted by Crippen LogP contribution is -2.15. The van der Waals surface area contributed by atoms with Crippen LogP contribution in [0, 0.1) is 10.1 Å². The van der Waals surface area contributed by atoms with Gasteiger partial charge in [0.25, 0.3) is 17.2 Å². The molecule has 0 atom stereocenters. The fraction of sp³-hybridized carbons (Fsp3) is 0.0526. The van der Waals surface area contributed by atoms with Crippen molar-refractivity contribution in [2.24, 2.45) is 0 Å². The molecule has 13 heteroatoms. The molecule has 162 valence electrons. The van der Waals surface area contributed by atoms with E-state index in [1.807, 2.05) is 0 Å². The Morgan fingerprint density at radius 2 is 1.97 bits per heavy atom. The van der Waals surface area contributed by atoms with Crippen molar-refractivity contribution in [3.63, 3.8) is 0 Å². The summed E-state index contributed by atoms with van der Waals surface area (Å²) >= 11 is 0. The minimum atomic E-state index is -3.80. The topological polar surface area (TPSA) is 170 Å². The predicted octanol–water partition coefficient (Wildman–Crippen LogP) is 1.67. The molecule has 0 saturated carbocycles. The Kier molecular flexibility index (Phi) is 5.02. The summed E-state index contributed by atoms with van der Waals surface area (Å²) in [6.07, 6.45) is 3.44. The third kappa shape index (κ3) is 3.83. The molecule has 0 aliphatic heterocycles. The van der Waals surface area contributed by atoms with Gasteiger partial charge in [0.1, 0.15) is 5.39 Å². The molecule has 0 fully saturated rings. The lowest BCUT2D eigenvalue weighted by Gasteiger charge is -2.12. The molecule has 2 aromatic carbocycles. The van der Waals surface area contributed by atoms with E-state index in [4.69, 9.17) is 0 Å². The number of nitrogens with zero attached hydrogens (tertiary/aromatic N) is 4. The first-order chi connectivity index (χ1) is 15.1. The highest BCUT2D eigenvalue weighted by Crippen LogP contribution is 2.25. The van der Waals surface area contributed by atoms with Crippen LogP contribution in [0.3, 0.4) is 0 Å². The molecule has 4 rings (SSSR count). The molecule has 4 aromatic rings. The number of H-pyrrole nitrogens is 1. The Bertz CT molecular complexity index is 1560. The third-order valence-electron chi connectivity index (χ3n) is 4.54. The standard InChI is InChI=1S/C19H14N6O6S/c1-32(30,31)13-7-11(6-12(8-13)25(28)29)18(26)23-15-4-2-3-5-16(15)24-17-14(9-22-24)19(27)21-10-20-17/h2-10H,1H3,(H,23,26)(H,20,21,27). The number of aromatic nitrogens is 4.